The highest BCUT2D eigenvalue weighted by atomic mass is 32.2. The van der Waals surface area contributed by atoms with E-state index in [-0.39, 0.29) is 42.8 Å². The second-order valence-corrected chi connectivity index (χ2v) is 8.12. The fraction of sp³-hybridized carbons (Fsp3) is 0.211. The lowest BCUT2D eigenvalue weighted by atomic mass is 10.1. The van der Waals surface area contributed by atoms with E-state index in [1.807, 2.05) is 0 Å². The number of phenolic OH excluding ortho intramolecular Hbond substituents is 2. The molecule has 0 spiro atoms. The molecule has 2 amide bonds. The number of azo groups is 1. The fourth-order valence-electron chi connectivity index (χ4n) is 2.71. The van der Waals surface area contributed by atoms with E-state index in [1.54, 1.807) is 0 Å². The number of hydroxylamine groups is 2. The summed E-state index contributed by atoms with van der Waals surface area (Å²) in [6.45, 7) is 0. The molecule has 1 aliphatic rings. The molecule has 1 saturated heterocycles. The topological polar surface area (TPSA) is 183 Å². The van der Waals surface area contributed by atoms with E-state index < -0.39 is 38.5 Å². The van der Waals surface area contributed by atoms with Crippen molar-refractivity contribution in [3.8, 4) is 11.5 Å². The number of hydrogen-bond acceptors (Lipinski definition) is 10. The molecule has 0 saturated carbocycles. The molecule has 1 heterocycles. The van der Waals surface area contributed by atoms with Crippen LogP contribution < -0.4 is 0 Å². The summed E-state index contributed by atoms with van der Waals surface area (Å²) in [6, 6.07) is 7.06. The van der Waals surface area contributed by atoms with Crippen molar-refractivity contribution in [2.45, 2.75) is 30.6 Å². The summed E-state index contributed by atoms with van der Waals surface area (Å²) in [4.78, 5) is 39.1. The summed E-state index contributed by atoms with van der Waals surface area (Å²) in [5.41, 5.74) is 0.217. The Hall–Kier alpha value is -3.84. The van der Waals surface area contributed by atoms with Gasteiger partial charge in [-0.2, -0.15) is 8.42 Å². The highest BCUT2D eigenvalue weighted by Gasteiger charge is 2.32. The first-order valence-electron chi connectivity index (χ1n) is 9.15. The quantitative estimate of drug-likeness (QED) is 0.315. The summed E-state index contributed by atoms with van der Waals surface area (Å²) in [5, 5.41) is 27.7. The lowest BCUT2D eigenvalue weighted by molar-refractivity contribution is -0.197. The third kappa shape index (κ3) is 5.44. The van der Waals surface area contributed by atoms with Gasteiger partial charge < -0.3 is 15.1 Å². The molecule has 0 aromatic heterocycles. The molecule has 12 nitrogen and oxygen atoms in total. The summed E-state index contributed by atoms with van der Waals surface area (Å²) in [6.07, 6.45) is -0.0702. The van der Waals surface area contributed by atoms with Crippen molar-refractivity contribution in [2.24, 2.45) is 10.2 Å². The molecule has 3 N–H and O–H groups in total. The maximum absolute atomic E-state index is 11.9. The van der Waals surface area contributed by atoms with Crippen LogP contribution in [-0.4, -0.2) is 46.0 Å². The number of rotatable bonds is 7. The monoisotopic (exact) mass is 463 g/mol. The Labute approximate surface area is 181 Å². The van der Waals surface area contributed by atoms with E-state index in [9.17, 15) is 33.0 Å². The van der Waals surface area contributed by atoms with Crippen LogP contribution in [-0.2, 0) is 35.8 Å². The Morgan fingerprint density at radius 1 is 0.969 bits per heavy atom. The molecule has 0 bridgehead atoms. The van der Waals surface area contributed by atoms with E-state index in [4.69, 9.17) is 9.39 Å². The van der Waals surface area contributed by atoms with Crippen molar-refractivity contribution in [3.05, 3.63) is 42.0 Å². The van der Waals surface area contributed by atoms with E-state index in [0.717, 1.165) is 18.2 Å². The van der Waals surface area contributed by atoms with E-state index in [2.05, 4.69) is 10.2 Å². The fourth-order valence-corrected chi connectivity index (χ4v) is 3.21. The normalized spacial score (nSPS) is 14.3. The molecule has 3 rings (SSSR count). The number of carbonyl (C=O) groups excluding carboxylic acids is 3. The molecule has 0 unspecified atom stereocenters. The Kier molecular flexibility index (Phi) is 6.50. The molecule has 13 heteroatoms. The van der Waals surface area contributed by atoms with Gasteiger partial charge in [-0.15, -0.1) is 15.3 Å². The first kappa shape index (κ1) is 22.8. The average molecular weight is 463 g/mol. The van der Waals surface area contributed by atoms with Gasteiger partial charge in [0.1, 0.15) is 22.9 Å². The lowest BCUT2D eigenvalue weighted by Gasteiger charge is -2.12. The maximum atomic E-state index is 11.9. The van der Waals surface area contributed by atoms with Gasteiger partial charge in [-0.05, 0) is 42.3 Å². The molecule has 0 radical (unpaired) electrons. The van der Waals surface area contributed by atoms with E-state index >= 15 is 0 Å². The first-order valence-corrected chi connectivity index (χ1v) is 10.6. The van der Waals surface area contributed by atoms with E-state index in [1.165, 1.54) is 18.2 Å². The molecule has 1 aliphatic heterocycles. The smallest absolute Gasteiger partial charge is 0.333 e. The number of imide groups is 1. The van der Waals surface area contributed by atoms with Crippen LogP contribution in [0.1, 0.15) is 24.8 Å². The van der Waals surface area contributed by atoms with Gasteiger partial charge in [0.2, 0.25) is 0 Å². The van der Waals surface area contributed by atoms with Crippen molar-refractivity contribution >= 4 is 39.3 Å². The van der Waals surface area contributed by atoms with Gasteiger partial charge in [-0.3, -0.25) is 14.1 Å². The molecule has 1 fully saturated rings. The van der Waals surface area contributed by atoms with Gasteiger partial charge in [0.25, 0.3) is 21.9 Å². The molecule has 0 atom stereocenters. The minimum atomic E-state index is -4.52. The van der Waals surface area contributed by atoms with Gasteiger partial charge in [0, 0.05) is 12.8 Å². The second kappa shape index (κ2) is 9.11. The average Bonchev–Trinajstić information content (AvgIpc) is 3.04. The molecule has 0 aliphatic carbocycles. The molecule has 32 heavy (non-hydrogen) atoms. The highest BCUT2D eigenvalue weighted by Crippen LogP contribution is 2.33. The van der Waals surface area contributed by atoms with Crippen molar-refractivity contribution in [3.63, 3.8) is 0 Å². The Balaban J connectivity index is 1.70. The van der Waals surface area contributed by atoms with Gasteiger partial charge >= 0.3 is 5.97 Å². The SMILES string of the molecule is O=C(CCc1ccc(O)c(N=Nc2cc(S(=O)(=O)O)ccc2O)c1)ON1C(=O)CCC1=O. The summed E-state index contributed by atoms with van der Waals surface area (Å²) in [7, 11) is -4.52. The zero-order chi connectivity index (χ0) is 23.5. The van der Waals surface area contributed by atoms with Crippen LogP contribution in [0.3, 0.4) is 0 Å². The summed E-state index contributed by atoms with van der Waals surface area (Å²) in [5.74, 6) is -2.66. The van der Waals surface area contributed by atoms with Crippen LogP contribution >= 0.6 is 0 Å². The number of benzene rings is 2. The van der Waals surface area contributed by atoms with Crippen LogP contribution in [0.2, 0.25) is 0 Å². The summed E-state index contributed by atoms with van der Waals surface area (Å²) < 4.78 is 31.5. The number of aryl methyl sites for hydroxylation is 1. The molecule has 2 aromatic carbocycles. The third-order valence-corrected chi connectivity index (χ3v) is 5.22. The van der Waals surface area contributed by atoms with Crippen molar-refractivity contribution < 1.29 is 42.4 Å². The summed E-state index contributed by atoms with van der Waals surface area (Å²) >= 11 is 0. The van der Waals surface area contributed by atoms with Crippen LogP contribution in [0.25, 0.3) is 0 Å². The number of phenols is 2. The number of amides is 2. The zero-order valence-corrected chi connectivity index (χ0v) is 17.2. The van der Waals surface area contributed by atoms with Gasteiger partial charge in [-0.25, -0.2) is 4.79 Å². The van der Waals surface area contributed by atoms with Crippen LogP contribution in [0.4, 0.5) is 11.4 Å². The van der Waals surface area contributed by atoms with Gasteiger partial charge in [0.15, 0.2) is 0 Å². The van der Waals surface area contributed by atoms with E-state index in [0.29, 0.717) is 10.6 Å². The molecule has 2 aromatic rings. The minimum Gasteiger partial charge on any atom is -0.506 e. The molecular formula is C19H17N3O9S. The Morgan fingerprint density at radius 3 is 2.12 bits per heavy atom. The predicted octanol–water partition coefficient (Wildman–Crippen LogP) is 2.30. The maximum Gasteiger partial charge on any atom is 0.333 e. The molecular weight excluding hydrogens is 446 g/mol. The first-order chi connectivity index (χ1) is 15.0. The van der Waals surface area contributed by atoms with Crippen LogP contribution in [0, 0.1) is 0 Å². The minimum absolute atomic E-state index is 0.0128. The third-order valence-electron chi connectivity index (χ3n) is 4.37. The Bertz CT molecular complexity index is 1210. The largest absolute Gasteiger partial charge is 0.506 e. The number of nitrogens with zero attached hydrogens (tertiary/aromatic N) is 3. The predicted molar refractivity (Wildman–Crippen MR) is 106 cm³/mol. The number of aromatic hydroxyl groups is 2. The number of hydrogen-bond donors (Lipinski definition) is 3. The highest BCUT2D eigenvalue weighted by molar-refractivity contribution is 7.85. The standard InChI is InChI=1S/C19H17N3O9S/c23-15-4-1-11(2-8-19(27)31-22-17(25)6-7-18(22)26)9-13(15)20-21-14-10-12(32(28,29)30)3-5-16(14)24/h1,3-5,9-10,23-24H,2,6-8H2,(H,28,29,30). The molecule has 168 valence electrons. The van der Waals surface area contributed by atoms with Crippen molar-refractivity contribution in [2.75, 3.05) is 0 Å². The van der Waals surface area contributed by atoms with Crippen molar-refractivity contribution in [1.82, 2.24) is 5.06 Å². The van der Waals surface area contributed by atoms with Crippen LogP contribution in [0.15, 0.2) is 51.5 Å². The lowest BCUT2D eigenvalue weighted by Crippen LogP contribution is -2.32. The van der Waals surface area contributed by atoms with Crippen molar-refractivity contribution in [1.29, 1.82) is 0 Å². The number of carbonyl (C=O) groups is 3. The zero-order valence-electron chi connectivity index (χ0n) is 16.3. The van der Waals surface area contributed by atoms with Crippen LogP contribution in [0.5, 0.6) is 11.5 Å². The second-order valence-electron chi connectivity index (χ2n) is 6.69. The Morgan fingerprint density at radius 2 is 1.53 bits per heavy atom. The van der Waals surface area contributed by atoms with Gasteiger partial charge in [-0.1, -0.05) is 6.07 Å². The van der Waals surface area contributed by atoms with Gasteiger partial charge in [0.05, 0.1) is 11.3 Å².